The van der Waals surface area contributed by atoms with Crippen LogP contribution >= 0.6 is 11.6 Å². The van der Waals surface area contributed by atoms with Crippen LogP contribution in [0.1, 0.15) is 24.1 Å². The van der Waals surface area contributed by atoms with E-state index >= 15 is 0 Å². The van der Waals surface area contributed by atoms with E-state index in [1.807, 2.05) is 55.5 Å². The summed E-state index contributed by atoms with van der Waals surface area (Å²) in [5.41, 5.74) is 1.88. The van der Waals surface area contributed by atoms with Gasteiger partial charge in [-0.05, 0) is 48.4 Å². The molecule has 0 saturated heterocycles. The van der Waals surface area contributed by atoms with E-state index in [-0.39, 0.29) is 11.9 Å². The monoisotopic (exact) mass is 315 g/mol. The van der Waals surface area contributed by atoms with E-state index in [1.54, 1.807) is 13.2 Å². The van der Waals surface area contributed by atoms with Gasteiger partial charge in [0.1, 0.15) is 5.75 Å². The van der Waals surface area contributed by atoms with Gasteiger partial charge in [0, 0.05) is 11.1 Å². The van der Waals surface area contributed by atoms with E-state index < -0.39 is 0 Å². The minimum Gasteiger partial charge on any atom is -0.497 e. The molecule has 0 radical (unpaired) electrons. The zero-order valence-electron chi connectivity index (χ0n) is 12.5. The molecule has 1 N–H and O–H groups in total. The molecular formula is C18H18ClNO2. The van der Waals surface area contributed by atoms with Gasteiger partial charge < -0.3 is 10.1 Å². The van der Waals surface area contributed by atoms with Crippen LogP contribution in [0, 0.1) is 0 Å². The van der Waals surface area contributed by atoms with E-state index in [9.17, 15) is 4.79 Å². The summed E-state index contributed by atoms with van der Waals surface area (Å²) in [6.45, 7) is 1.92. The lowest BCUT2D eigenvalue weighted by Gasteiger charge is -2.13. The molecule has 0 saturated carbocycles. The summed E-state index contributed by atoms with van der Waals surface area (Å²) < 4.78 is 5.15. The molecule has 114 valence electrons. The minimum atomic E-state index is -0.157. The van der Waals surface area contributed by atoms with E-state index in [0.717, 1.165) is 16.9 Å². The van der Waals surface area contributed by atoms with E-state index in [0.29, 0.717) is 5.02 Å². The Labute approximate surface area is 135 Å². The third-order valence-corrected chi connectivity index (χ3v) is 3.46. The number of hydrogen-bond donors (Lipinski definition) is 1. The quantitative estimate of drug-likeness (QED) is 0.838. The zero-order chi connectivity index (χ0) is 15.9. The second-order valence-electron chi connectivity index (χ2n) is 4.90. The maximum atomic E-state index is 12.0. The normalized spacial score (nSPS) is 12.1. The molecule has 0 aliphatic rings. The number of nitrogens with one attached hydrogen (secondary N) is 1. The molecule has 2 aromatic carbocycles. The van der Waals surface area contributed by atoms with Gasteiger partial charge in [-0.2, -0.15) is 0 Å². The molecule has 1 atom stereocenters. The Kier molecular flexibility index (Phi) is 5.61. The lowest BCUT2D eigenvalue weighted by atomic mass is 10.1. The summed E-state index contributed by atoms with van der Waals surface area (Å²) in [5.74, 6) is 0.602. The first-order valence-electron chi connectivity index (χ1n) is 6.96. The Hall–Kier alpha value is -2.26. The summed E-state index contributed by atoms with van der Waals surface area (Å²) >= 11 is 5.96. The van der Waals surface area contributed by atoms with Gasteiger partial charge in [-0.15, -0.1) is 0 Å². The molecule has 0 aliphatic heterocycles. The molecule has 0 aliphatic carbocycles. The van der Waals surface area contributed by atoms with Crippen molar-refractivity contribution in [1.29, 1.82) is 0 Å². The van der Waals surface area contributed by atoms with E-state index in [4.69, 9.17) is 16.3 Å². The Bertz CT molecular complexity index is 682. The lowest BCUT2D eigenvalue weighted by molar-refractivity contribution is -0.117. The van der Waals surface area contributed by atoms with Gasteiger partial charge in [-0.3, -0.25) is 4.79 Å². The van der Waals surface area contributed by atoms with Crippen LogP contribution in [-0.4, -0.2) is 13.0 Å². The van der Waals surface area contributed by atoms with Gasteiger partial charge in [0.2, 0.25) is 5.91 Å². The number of methoxy groups -OCH3 is 1. The topological polar surface area (TPSA) is 38.3 Å². The first-order chi connectivity index (χ1) is 10.6. The van der Waals surface area contributed by atoms with Crippen molar-refractivity contribution in [3.8, 4) is 5.75 Å². The highest BCUT2D eigenvalue weighted by Gasteiger charge is 2.07. The third-order valence-electron chi connectivity index (χ3n) is 3.23. The fourth-order valence-electron chi connectivity index (χ4n) is 2.04. The van der Waals surface area contributed by atoms with Crippen LogP contribution in [0.25, 0.3) is 6.08 Å². The molecule has 0 fully saturated rings. The van der Waals surface area contributed by atoms with Crippen molar-refractivity contribution in [1.82, 2.24) is 5.32 Å². The average molecular weight is 316 g/mol. The Morgan fingerprint density at radius 1 is 1.23 bits per heavy atom. The minimum absolute atomic E-state index is 0.110. The summed E-state index contributed by atoms with van der Waals surface area (Å²) in [5, 5.41) is 3.56. The van der Waals surface area contributed by atoms with Crippen molar-refractivity contribution in [2.24, 2.45) is 0 Å². The highest BCUT2D eigenvalue weighted by atomic mass is 35.5. The Morgan fingerprint density at radius 2 is 2.00 bits per heavy atom. The number of hydrogen-bond acceptors (Lipinski definition) is 2. The molecular weight excluding hydrogens is 298 g/mol. The number of benzene rings is 2. The van der Waals surface area contributed by atoms with Gasteiger partial charge in [0.05, 0.1) is 13.2 Å². The van der Waals surface area contributed by atoms with Crippen LogP contribution in [0.15, 0.2) is 54.6 Å². The van der Waals surface area contributed by atoms with Crippen LogP contribution in [-0.2, 0) is 4.79 Å². The van der Waals surface area contributed by atoms with Crippen molar-refractivity contribution >= 4 is 23.6 Å². The van der Waals surface area contributed by atoms with E-state index in [2.05, 4.69) is 5.32 Å². The van der Waals surface area contributed by atoms with Gasteiger partial charge >= 0.3 is 0 Å². The Balaban J connectivity index is 1.98. The number of halogens is 1. The van der Waals surface area contributed by atoms with Gasteiger partial charge in [0.25, 0.3) is 0 Å². The molecule has 3 nitrogen and oxygen atoms in total. The summed E-state index contributed by atoms with van der Waals surface area (Å²) in [4.78, 5) is 12.0. The third kappa shape index (κ3) is 4.64. The lowest BCUT2D eigenvalue weighted by Crippen LogP contribution is -2.24. The number of ether oxygens (including phenoxy) is 1. The SMILES string of the molecule is COc1cccc(/C=C/C(=O)NC(C)c2cccc(Cl)c2)c1. The summed E-state index contributed by atoms with van der Waals surface area (Å²) in [6.07, 6.45) is 3.26. The maximum Gasteiger partial charge on any atom is 0.244 e. The second-order valence-corrected chi connectivity index (χ2v) is 5.33. The first-order valence-corrected chi connectivity index (χ1v) is 7.34. The molecule has 0 spiro atoms. The zero-order valence-corrected chi connectivity index (χ0v) is 13.3. The standard InChI is InChI=1S/C18H18ClNO2/c1-13(15-6-4-7-16(19)12-15)20-18(21)10-9-14-5-3-8-17(11-14)22-2/h3-13H,1-2H3,(H,20,21)/b10-9+. The highest BCUT2D eigenvalue weighted by molar-refractivity contribution is 6.30. The largest absolute Gasteiger partial charge is 0.497 e. The number of rotatable bonds is 5. The van der Waals surface area contributed by atoms with Crippen molar-refractivity contribution in [2.75, 3.05) is 7.11 Å². The van der Waals surface area contributed by atoms with Gasteiger partial charge in [0.15, 0.2) is 0 Å². The van der Waals surface area contributed by atoms with E-state index in [1.165, 1.54) is 6.08 Å². The molecule has 2 rings (SSSR count). The summed E-state index contributed by atoms with van der Waals surface area (Å²) in [7, 11) is 1.61. The molecule has 0 heterocycles. The maximum absolute atomic E-state index is 12.0. The molecule has 2 aromatic rings. The average Bonchev–Trinajstić information content (AvgIpc) is 2.53. The first kappa shape index (κ1) is 16.1. The highest BCUT2D eigenvalue weighted by Crippen LogP contribution is 2.17. The Morgan fingerprint density at radius 3 is 2.73 bits per heavy atom. The van der Waals surface area contributed by atoms with Crippen LogP contribution < -0.4 is 10.1 Å². The predicted octanol–water partition coefficient (Wildman–Crippen LogP) is 4.24. The smallest absolute Gasteiger partial charge is 0.244 e. The fourth-order valence-corrected chi connectivity index (χ4v) is 2.24. The number of carbonyl (C=O) groups excluding carboxylic acids is 1. The molecule has 0 aromatic heterocycles. The van der Waals surface area contributed by atoms with Crippen molar-refractivity contribution in [3.63, 3.8) is 0 Å². The van der Waals surface area contributed by atoms with Gasteiger partial charge in [-0.25, -0.2) is 0 Å². The molecule has 22 heavy (non-hydrogen) atoms. The van der Waals surface area contributed by atoms with Crippen LogP contribution in [0.4, 0.5) is 0 Å². The summed E-state index contributed by atoms with van der Waals surface area (Å²) in [6, 6.07) is 14.9. The molecule has 0 bridgehead atoms. The van der Waals surface area contributed by atoms with Crippen molar-refractivity contribution in [2.45, 2.75) is 13.0 Å². The molecule has 4 heteroatoms. The molecule has 1 amide bonds. The van der Waals surface area contributed by atoms with Crippen molar-refractivity contribution < 1.29 is 9.53 Å². The van der Waals surface area contributed by atoms with Crippen molar-refractivity contribution in [3.05, 3.63) is 70.8 Å². The van der Waals surface area contributed by atoms with Crippen LogP contribution in [0.2, 0.25) is 5.02 Å². The van der Waals surface area contributed by atoms with Gasteiger partial charge in [-0.1, -0.05) is 35.9 Å². The number of amides is 1. The number of carbonyl (C=O) groups is 1. The molecule has 1 unspecified atom stereocenters. The van der Waals surface area contributed by atoms with Crippen LogP contribution in [0.3, 0.4) is 0 Å². The van der Waals surface area contributed by atoms with Crippen LogP contribution in [0.5, 0.6) is 5.75 Å². The second kappa shape index (κ2) is 7.66. The fraction of sp³-hybridized carbons (Fsp3) is 0.167. The predicted molar refractivity (Wildman–Crippen MR) is 90.0 cm³/mol.